The van der Waals surface area contributed by atoms with Gasteiger partial charge in [0, 0.05) is 31.4 Å². The summed E-state index contributed by atoms with van der Waals surface area (Å²) in [6, 6.07) is 7.73. The summed E-state index contributed by atoms with van der Waals surface area (Å²) < 4.78 is 0. The summed E-state index contributed by atoms with van der Waals surface area (Å²) in [5.41, 5.74) is 7.23. The van der Waals surface area contributed by atoms with Gasteiger partial charge in [0.25, 0.3) is 5.91 Å². The van der Waals surface area contributed by atoms with Gasteiger partial charge in [-0.2, -0.15) is 0 Å². The number of unbranched alkanes of at least 4 members (excludes halogenated alkanes) is 1. The summed E-state index contributed by atoms with van der Waals surface area (Å²) in [6.07, 6.45) is 3.17. The van der Waals surface area contributed by atoms with Crippen molar-refractivity contribution in [2.24, 2.45) is 5.73 Å². The lowest BCUT2D eigenvalue weighted by molar-refractivity contribution is 0.0953. The molecule has 1 aromatic carbocycles. The average molecular weight is 336 g/mol. The minimum Gasteiger partial charge on any atom is -0.375 e. The van der Waals surface area contributed by atoms with E-state index in [-0.39, 0.29) is 30.7 Å². The fraction of sp³-hybridized carbons (Fsp3) is 0.533. The number of carbonyl (C=O) groups is 1. The Labute approximate surface area is 140 Å². The highest BCUT2D eigenvalue weighted by molar-refractivity contribution is 5.94. The third kappa shape index (κ3) is 8.15. The molecule has 21 heavy (non-hydrogen) atoms. The minimum atomic E-state index is -0.0313. The van der Waals surface area contributed by atoms with Crippen molar-refractivity contribution in [3.05, 3.63) is 29.8 Å². The maximum atomic E-state index is 11.8. The van der Waals surface area contributed by atoms with Crippen molar-refractivity contribution in [2.45, 2.75) is 26.2 Å². The molecular weight excluding hydrogens is 309 g/mol. The van der Waals surface area contributed by atoms with Gasteiger partial charge in [-0.3, -0.25) is 4.79 Å². The maximum absolute atomic E-state index is 11.8. The van der Waals surface area contributed by atoms with E-state index in [2.05, 4.69) is 24.2 Å². The van der Waals surface area contributed by atoms with Crippen LogP contribution in [0.15, 0.2) is 24.3 Å². The fourth-order valence-corrected chi connectivity index (χ4v) is 1.80. The van der Waals surface area contributed by atoms with Crippen molar-refractivity contribution in [1.29, 1.82) is 0 Å². The molecule has 0 saturated carbocycles. The van der Waals surface area contributed by atoms with Crippen LogP contribution in [0.5, 0.6) is 0 Å². The van der Waals surface area contributed by atoms with Crippen LogP contribution in [-0.2, 0) is 0 Å². The molecule has 0 aliphatic rings. The van der Waals surface area contributed by atoms with Gasteiger partial charge in [-0.25, -0.2) is 0 Å². The molecule has 0 aliphatic heterocycles. The highest BCUT2D eigenvalue weighted by atomic mass is 35.5. The van der Waals surface area contributed by atoms with Crippen LogP contribution in [0.1, 0.15) is 36.5 Å². The maximum Gasteiger partial charge on any atom is 0.251 e. The van der Waals surface area contributed by atoms with E-state index in [0.29, 0.717) is 18.7 Å². The highest BCUT2D eigenvalue weighted by Gasteiger charge is 2.05. The monoisotopic (exact) mass is 335 g/mol. The number of anilines is 1. The van der Waals surface area contributed by atoms with Gasteiger partial charge >= 0.3 is 0 Å². The molecule has 3 N–H and O–H groups in total. The first-order chi connectivity index (χ1) is 9.19. The van der Waals surface area contributed by atoms with E-state index in [9.17, 15) is 4.79 Å². The Morgan fingerprint density at radius 2 is 1.81 bits per heavy atom. The van der Waals surface area contributed by atoms with E-state index in [4.69, 9.17) is 5.73 Å². The number of carbonyl (C=O) groups excluding carboxylic acids is 1. The third-order valence-electron chi connectivity index (χ3n) is 3.08. The molecule has 0 aromatic heterocycles. The number of halogens is 2. The number of nitrogens with zero attached hydrogens (tertiary/aromatic N) is 1. The van der Waals surface area contributed by atoms with Crippen LogP contribution in [0.25, 0.3) is 0 Å². The van der Waals surface area contributed by atoms with Gasteiger partial charge in [0.2, 0.25) is 0 Å². The summed E-state index contributed by atoms with van der Waals surface area (Å²) in [5.74, 6) is -0.0313. The SMILES string of the molecule is CCCCN(C)c1ccc(C(=O)NCCCN)cc1.Cl.Cl. The zero-order valence-electron chi connectivity index (χ0n) is 12.8. The third-order valence-corrected chi connectivity index (χ3v) is 3.08. The second-order valence-electron chi connectivity index (χ2n) is 4.72. The van der Waals surface area contributed by atoms with Gasteiger partial charge in [0.15, 0.2) is 0 Å². The van der Waals surface area contributed by atoms with Gasteiger partial charge in [-0.1, -0.05) is 13.3 Å². The first-order valence-corrected chi connectivity index (χ1v) is 6.98. The molecule has 0 fully saturated rings. The molecule has 0 aliphatic carbocycles. The topological polar surface area (TPSA) is 58.4 Å². The van der Waals surface area contributed by atoms with Crippen LogP contribution in [-0.4, -0.2) is 32.6 Å². The zero-order chi connectivity index (χ0) is 14.1. The molecule has 0 radical (unpaired) electrons. The van der Waals surface area contributed by atoms with Crippen LogP contribution in [0.3, 0.4) is 0 Å². The van der Waals surface area contributed by atoms with Crippen molar-refractivity contribution in [3.63, 3.8) is 0 Å². The molecule has 1 rings (SSSR count). The molecule has 0 spiro atoms. The Morgan fingerprint density at radius 1 is 1.19 bits per heavy atom. The number of rotatable bonds is 8. The Morgan fingerprint density at radius 3 is 2.33 bits per heavy atom. The minimum absolute atomic E-state index is 0. The van der Waals surface area contributed by atoms with Crippen LogP contribution in [0.4, 0.5) is 5.69 Å². The van der Waals surface area contributed by atoms with Crippen LogP contribution < -0.4 is 16.0 Å². The molecule has 1 aromatic rings. The molecule has 122 valence electrons. The van der Waals surface area contributed by atoms with Crippen molar-refractivity contribution >= 4 is 36.4 Å². The predicted molar refractivity (Wildman–Crippen MR) is 95.1 cm³/mol. The van der Waals surface area contributed by atoms with Gasteiger partial charge in [0.1, 0.15) is 0 Å². The second-order valence-corrected chi connectivity index (χ2v) is 4.72. The van der Waals surface area contributed by atoms with E-state index >= 15 is 0 Å². The molecule has 0 heterocycles. The van der Waals surface area contributed by atoms with Crippen molar-refractivity contribution < 1.29 is 4.79 Å². The van der Waals surface area contributed by atoms with Crippen molar-refractivity contribution in [2.75, 3.05) is 31.6 Å². The summed E-state index contributed by atoms with van der Waals surface area (Å²) >= 11 is 0. The van der Waals surface area contributed by atoms with Crippen LogP contribution >= 0.6 is 24.8 Å². The van der Waals surface area contributed by atoms with E-state index < -0.39 is 0 Å². The van der Waals surface area contributed by atoms with Gasteiger partial charge in [-0.15, -0.1) is 24.8 Å². The number of amides is 1. The lowest BCUT2D eigenvalue weighted by Gasteiger charge is -2.19. The Bertz CT molecular complexity index is 385. The Kier molecular flexibility index (Phi) is 13.5. The van der Waals surface area contributed by atoms with Gasteiger partial charge in [-0.05, 0) is 43.7 Å². The number of hydrogen-bond acceptors (Lipinski definition) is 3. The van der Waals surface area contributed by atoms with Crippen molar-refractivity contribution in [3.8, 4) is 0 Å². The molecule has 4 nitrogen and oxygen atoms in total. The molecule has 6 heteroatoms. The predicted octanol–water partition coefficient (Wildman–Crippen LogP) is 2.85. The largest absolute Gasteiger partial charge is 0.375 e. The molecular formula is C15H27Cl2N3O. The van der Waals surface area contributed by atoms with Gasteiger partial charge in [0.05, 0.1) is 0 Å². The molecule has 1 amide bonds. The first kappa shape index (κ1) is 22.3. The van der Waals surface area contributed by atoms with Gasteiger partial charge < -0.3 is 16.0 Å². The molecule has 0 unspecified atom stereocenters. The summed E-state index contributed by atoms with van der Waals surface area (Å²) in [6.45, 7) is 4.45. The second kappa shape index (κ2) is 12.7. The molecule has 0 atom stereocenters. The lowest BCUT2D eigenvalue weighted by Crippen LogP contribution is -2.26. The quantitative estimate of drug-likeness (QED) is 0.718. The van der Waals surface area contributed by atoms with Crippen LogP contribution in [0, 0.1) is 0 Å². The first-order valence-electron chi connectivity index (χ1n) is 6.98. The molecule has 0 bridgehead atoms. The Hall–Kier alpha value is -0.970. The number of benzene rings is 1. The van der Waals surface area contributed by atoms with E-state index in [1.54, 1.807) is 0 Å². The molecule has 0 saturated heterocycles. The highest BCUT2D eigenvalue weighted by Crippen LogP contribution is 2.14. The van der Waals surface area contributed by atoms with E-state index in [1.807, 2.05) is 24.3 Å². The average Bonchev–Trinajstić information content (AvgIpc) is 2.45. The number of hydrogen-bond donors (Lipinski definition) is 2. The number of nitrogens with two attached hydrogens (primary N) is 1. The Balaban J connectivity index is 0. The smallest absolute Gasteiger partial charge is 0.251 e. The standard InChI is InChI=1S/C15H25N3O.2ClH/c1-3-4-12-18(2)14-8-6-13(7-9-14)15(19)17-11-5-10-16;;/h6-9H,3-5,10-12,16H2,1-2H3,(H,17,19);2*1H. The number of nitrogens with one attached hydrogen (secondary N) is 1. The van der Waals surface area contributed by atoms with E-state index in [0.717, 1.165) is 18.7 Å². The zero-order valence-corrected chi connectivity index (χ0v) is 14.4. The normalized spacial score (nSPS) is 9.29. The summed E-state index contributed by atoms with van der Waals surface area (Å²) in [4.78, 5) is 14.0. The van der Waals surface area contributed by atoms with E-state index in [1.165, 1.54) is 12.8 Å². The summed E-state index contributed by atoms with van der Waals surface area (Å²) in [5, 5.41) is 2.85. The summed E-state index contributed by atoms with van der Waals surface area (Å²) in [7, 11) is 2.08. The lowest BCUT2D eigenvalue weighted by atomic mass is 10.1. The van der Waals surface area contributed by atoms with Crippen LogP contribution in [0.2, 0.25) is 0 Å². The van der Waals surface area contributed by atoms with Crippen molar-refractivity contribution in [1.82, 2.24) is 5.32 Å². The fourth-order valence-electron chi connectivity index (χ4n) is 1.80.